The van der Waals surface area contributed by atoms with Crippen molar-refractivity contribution in [2.75, 3.05) is 33.4 Å². The third-order valence-corrected chi connectivity index (χ3v) is 3.28. The minimum atomic E-state index is 0.119. The Labute approximate surface area is 123 Å². The molecule has 3 heteroatoms. The van der Waals surface area contributed by atoms with Gasteiger partial charge in [0.1, 0.15) is 5.75 Å². The SMILES string of the molecule is COCC[NH2+]CCCOc1cc(C)ccc1C(C)(C)C. The molecular weight excluding hydrogens is 250 g/mol. The van der Waals surface area contributed by atoms with E-state index in [0.29, 0.717) is 0 Å². The van der Waals surface area contributed by atoms with E-state index in [1.165, 1.54) is 11.1 Å². The third kappa shape index (κ3) is 5.93. The summed E-state index contributed by atoms with van der Waals surface area (Å²) >= 11 is 0. The Kier molecular flexibility index (Phi) is 7.03. The highest BCUT2D eigenvalue weighted by Crippen LogP contribution is 2.32. The molecule has 114 valence electrons. The predicted molar refractivity (Wildman–Crippen MR) is 83.5 cm³/mol. The summed E-state index contributed by atoms with van der Waals surface area (Å²) in [5, 5.41) is 2.27. The third-order valence-electron chi connectivity index (χ3n) is 3.28. The lowest BCUT2D eigenvalue weighted by Crippen LogP contribution is -2.85. The van der Waals surface area contributed by atoms with Crippen LogP contribution in [0.5, 0.6) is 5.75 Å². The first-order valence-electron chi connectivity index (χ1n) is 7.49. The van der Waals surface area contributed by atoms with E-state index in [1.54, 1.807) is 7.11 Å². The molecule has 0 radical (unpaired) electrons. The van der Waals surface area contributed by atoms with Gasteiger partial charge in [-0.1, -0.05) is 32.9 Å². The molecule has 3 nitrogen and oxygen atoms in total. The molecule has 0 fully saturated rings. The number of aryl methyl sites for hydroxylation is 1. The fraction of sp³-hybridized carbons (Fsp3) is 0.647. The van der Waals surface area contributed by atoms with E-state index in [4.69, 9.17) is 9.47 Å². The van der Waals surface area contributed by atoms with Crippen LogP contribution in [0.1, 0.15) is 38.3 Å². The van der Waals surface area contributed by atoms with Gasteiger partial charge in [-0.2, -0.15) is 0 Å². The molecule has 1 aromatic rings. The fourth-order valence-electron chi connectivity index (χ4n) is 2.12. The van der Waals surface area contributed by atoms with Crippen molar-refractivity contribution in [1.29, 1.82) is 0 Å². The largest absolute Gasteiger partial charge is 0.493 e. The normalized spacial score (nSPS) is 11.7. The molecule has 1 aromatic carbocycles. The minimum Gasteiger partial charge on any atom is -0.493 e. The topological polar surface area (TPSA) is 35.1 Å². The fourth-order valence-corrected chi connectivity index (χ4v) is 2.12. The predicted octanol–water partition coefficient (Wildman–Crippen LogP) is 2.27. The number of nitrogens with two attached hydrogens (primary N) is 1. The van der Waals surface area contributed by atoms with Gasteiger partial charge in [0.05, 0.1) is 26.3 Å². The Bertz CT molecular complexity index is 396. The molecule has 0 aliphatic heterocycles. The zero-order valence-electron chi connectivity index (χ0n) is 13.7. The van der Waals surface area contributed by atoms with E-state index in [-0.39, 0.29) is 5.41 Å². The molecule has 0 aliphatic carbocycles. The summed E-state index contributed by atoms with van der Waals surface area (Å²) in [6.45, 7) is 12.5. The van der Waals surface area contributed by atoms with Crippen LogP contribution in [0.3, 0.4) is 0 Å². The molecule has 0 aliphatic rings. The highest BCUT2D eigenvalue weighted by atomic mass is 16.5. The van der Waals surface area contributed by atoms with Crippen LogP contribution in [-0.4, -0.2) is 33.4 Å². The minimum absolute atomic E-state index is 0.119. The second-order valence-electron chi connectivity index (χ2n) is 6.31. The van der Waals surface area contributed by atoms with Gasteiger partial charge in [0, 0.05) is 13.5 Å². The molecule has 0 bridgehead atoms. The first kappa shape index (κ1) is 17.0. The zero-order valence-corrected chi connectivity index (χ0v) is 13.7. The zero-order chi connectivity index (χ0) is 15.0. The van der Waals surface area contributed by atoms with Gasteiger partial charge in [-0.3, -0.25) is 0 Å². The quantitative estimate of drug-likeness (QED) is 0.741. The van der Waals surface area contributed by atoms with Crippen molar-refractivity contribution in [3.05, 3.63) is 29.3 Å². The molecule has 0 atom stereocenters. The Morgan fingerprint density at radius 3 is 2.50 bits per heavy atom. The van der Waals surface area contributed by atoms with Crippen molar-refractivity contribution >= 4 is 0 Å². The molecule has 1 rings (SSSR count). The monoisotopic (exact) mass is 280 g/mol. The van der Waals surface area contributed by atoms with Crippen molar-refractivity contribution in [1.82, 2.24) is 0 Å². The van der Waals surface area contributed by atoms with Crippen molar-refractivity contribution < 1.29 is 14.8 Å². The lowest BCUT2D eigenvalue weighted by Gasteiger charge is -2.23. The number of rotatable bonds is 8. The number of methoxy groups -OCH3 is 1. The Balaban J connectivity index is 2.45. The highest BCUT2D eigenvalue weighted by molar-refractivity contribution is 5.41. The van der Waals surface area contributed by atoms with Gasteiger partial charge in [0.15, 0.2) is 0 Å². The molecule has 2 N–H and O–H groups in total. The van der Waals surface area contributed by atoms with Gasteiger partial charge < -0.3 is 14.8 Å². The molecular formula is C17H30NO2+. The summed E-state index contributed by atoms with van der Waals surface area (Å²) in [7, 11) is 1.74. The summed E-state index contributed by atoms with van der Waals surface area (Å²) in [6.07, 6.45) is 1.06. The second kappa shape index (κ2) is 8.28. The van der Waals surface area contributed by atoms with Crippen LogP contribution in [0.4, 0.5) is 0 Å². The van der Waals surface area contributed by atoms with Crippen molar-refractivity contribution in [2.24, 2.45) is 0 Å². The summed E-state index contributed by atoms with van der Waals surface area (Å²) in [4.78, 5) is 0. The van der Waals surface area contributed by atoms with Gasteiger partial charge >= 0.3 is 0 Å². The van der Waals surface area contributed by atoms with Crippen LogP contribution in [-0.2, 0) is 10.2 Å². The maximum atomic E-state index is 6.00. The Morgan fingerprint density at radius 2 is 1.85 bits per heavy atom. The van der Waals surface area contributed by atoms with E-state index >= 15 is 0 Å². The molecule has 0 saturated heterocycles. The maximum absolute atomic E-state index is 6.00. The summed E-state index contributed by atoms with van der Waals surface area (Å²) in [5.41, 5.74) is 2.65. The molecule has 0 spiro atoms. The van der Waals surface area contributed by atoms with Gasteiger partial charge in [-0.05, 0) is 29.5 Å². The van der Waals surface area contributed by atoms with Gasteiger partial charge in [-0.25, -0.2) is 0 Å². The summed E-state index contributed by atoms with van der Waals surface area (Å²) in [6, 6.07) is 6.50. The first-order chi connectivity index (χ1) is 9.45. The second-order valence-corrected chi connectivity index (χ2v) is 6.31. The van der Waals surface area contributed by atoms with E-state index in [0.717, 1.165) is 38.5 Å². The number of quaternary nitrogens is 1. The van der Waals surface area contributed by atoms with Crippen molar-refractivity contribution in [2.45, 2.75) is 39.5 Å². The molecule has 0 saturated carbocycles. The van der Waals surface area contributed by atoms with Crippen LogP contribution in [0.2, 0.25) is 0 Å². The highest BCUT2D eigenvalue weighted by Gasteiger charge is 2.18. The first-order valence-corrected chi connectivity index (χ1v) is 7.49. The van der Waals surface area contributed by atoms with Gasteiger partial charge in [0.25, 0.3) is 0 Å². The molecule has 20 heavy (non-hydrogen) atoms. The average Bonchev–Trinajstić information content (AvgIpc) is 2.36. The molecule has 0 amide bonds. The van der Waals surface area contributed by atoms with Crippen molar-refractivity contribution in [3.63, 3.8) is 0 Å². The lowest BCUT2D eigenvalue weighted by molar-refractivity contribution is -0.656. The van der Waals surface area contributed by atoms with Crippen LogP contribution < -0.4 is 10.1 Å². The Morgan fingerprint density at radius 1 is 1.10 bits per heavy atom. The van der Waals surface area contributed by atoms with E-state index < -0.39 is 0 Å². The molecule has 0 aromatic heterocycles. The van der Waals surface area contributed by atoms with Gasteiger partial charge in [0.2, 0.25) is 0 Å². The standard InChI is InChI=1S/C17H29NO2/c1-14-7-8-15(17(2,3)4)16(13-14)20-11-6-9-18-10-12-19-5/h7-8,13,18H,6,9-12H2,1-5H3/p+1. The summed E-state index contributed by atoms with van der Waals surface area (Å²) in [5.74, 6) is 1.04. The van der Waals surface area contributed by atoms with E-state index in [2.05, 4.69) is 51.2 Å². The number of ether oxygens (including phenoxy) is 2. The Hall–Kier alpha value is -1.06. The molecule has 0 unspecified atom stereocenters. The number of benzene rings is 1. The average molecular weight is 280 g/mol. The number of hydrogen-bond acceptors (Lipinski definition) is 2. The summed E-state index contributed by atoms with van der Waals surface area (Å²) < 4.78 is 11.0. The van der Waals surface area contributed by atoms with Crippen LogP contribution in [0, 0.1) is 6.92 Å². The van der Waals surface area contributed by atoms with Gasteiger partial charge in [-0.15, -0.1) is 0 Å². The number of hydrogen-bond donors (Lipinski definition) is 1. The van der Waals surface area contributed by atoms with E-state index in [1.807, 2.05) is 0 Å². The van der Waals surface area contributed by atoms with Crippen molar-refractivity contribution in [3.8, 4) is 5.75 Å². The van der Waals surface area contributed by atoms with E-state index in [9.17, 15) is 0 Å². The molecule has 0 heterocycles. The van der Waals surface area contributed by atoms with Crippen LogP contribution in [0.25, 0.3) is 0 Å². The lowest BCUT2D eigenvalue weighted by atomic mass is 9.86. The van der Waals surface area contributed by atoms with Crippen LogP contribution in [0.15, 0.2) is 18.2 Å². The van der Waals surface area contributed by atoms with Crippen LogP contribution >= 0.6 is 0 Å². The smallest absolute Gasteiger partial charge is 0.123 e. The maximum Gasteiger partial charge on any atom is 0.123 e.